The molecule has 0 aliphatic carbocycles. The van der Waals surface area contributed by atoms with Gasteiger partial charge in [-0.05, 0) is 45.3 Å². The molecule has 1 heterocycles. The summed E-state index contributed by atoms with van der Waals surface area (Å²) in [4.78, 5) is 12.5. The standard InChI is InChI=1S/C18H28N2O2.ClH/c1-14-5-4-6-16(11-14)15(2)17(21)20-12-18(13-22-3)7-9-19-10-8-18;/h4-6,11,15,19H,7-10,12-13H2,1-3H3,(H,20,21);1H. The van der Waals surface area contributed by atoms with Crippen LogP contribution in [-0.4, -0.2) is 39.3 Å². The van der Waals surface area contributed by atoms with Crippen LogP contribution < -0.4 is 10.6 Å². The Hall–Kier alpha value is -1.10. The molecule has 1 aliphatic heterocycles. The molecule has 5 heteroatoms. The van der Waals surface area contributed by atoms with Gasteiger partial charge in [-0.25, -0.2) is 0 Å². The van der Waals surface area contributed by atoms with Crippen LogP contribution in [0.5, 0.6) is 0 Å². The summed E-state index contributed by atoms with van der Waals surface area (Å²) in [5.41, 5.74) is 2.33. The normalized spacial score (nSPS) is 17.9. The summed E-state index contributed by atoms with van der Waals surface area (Å²) in [6.07, 6.45) is 2.08. The number of amides is 1. The Morgan fingerprint density at radius 1 is 1.39 bits per heavy atom. The molecule has 4 nitrogen and oxygen atoms in total. The van der Waals surface area contributed by atoms with Gasteiger partial charge >= 0.3 is 0 Å². The minimum atomic E-state index is -0.124. The molecule has 0 aromatic heterocycles. The van der Waals surface area contributed by atoms with Crippen molar-refractivity contribution in [2.75, 3.05) is 33.4 Å². The highest BCUT2D eigenvalue weighted by Gasteiger charge is 2.33. The van der Waals surface area contributed by atoms with Crippen molar-refractivity contribution < 1.29 is 9.53 Å². The quantitative estimate of drug-likeness (QED) is 0.837. The summed E-state index contributed by atoms with van der Waals surface area (Å²) in [5.74, 6) is -0.0270. The fourth-order valence-electron chi connectivity index (χ4n) is 3.15. The van der Waals surface area contributed by atoms with Crippen LogP contribution in [0, 0.1) is 12.3 Å². The number of piperidine rings is 1. The summed E-state index contributed by atoms with van der Waals surface area (Å²) < 4.78 is 5.40. The van der Waals surface area contributed by atoms with E-state index in [-0.39, 0.29) is 29.6 Å². The lowest BCUT2D eigenvalue weighted by Gasteiger charge is -2.37. The van der Waals surface area contributed by atoms with E-state index in [9.17, 15) is 4.79 Å². The van der Waals surface area contributed by atoms with E-state index in [1.807, 2.05) is 19.1 Å². The zero-order valence-corrected chi connectivity index (χ0v) is 15.2. The predicted octanol–water partition coefficient (Wildman–Crippen LogP) is 2.65. The molecule has 1 amide bonds. The van der Waals surface area contributed by atoms with Crippen LogP contribution >= 0.6 is 12.4 Å². The first-order chi connectivity index (χ1) is 10.6. The van der Waals surface area contributed by atoms with Gasteiger partial charge in [0.2, 0.25) is 5.91 Å². The molecule has 2 rings (SSSR count). The molecule has 2 N–H and O–H groups in total. The topological polar surface area (TPSA) is 50.4 Å². The number of benzene rings is 1. The van der Waals surface area contributed by atoms with Crippen LogP contribution in [0.4, 0.5) is 0 Å². The minimum Gasteiger partial charge on any atom is -0.384 e. The van der Waals surface area contributed by atoms with E-state index >= 15 is 0 Å². The maximum Gasteiger partial charge on any atom is 0.227 e. The molecule has 1 aromatic rings. The largest absolute Gasteiger partial charge is 0.384 e. The van der Waals surface area contributed by atoms with Crippen molar-refractivity contribution in [1.82, 2.24) is 10.6 Å². The van der Waals surface area contributed by atoms with Gasteiger partial charge in [-0.3, -0.25) is 4.79 Å². The Kier molecular flexibility index (Phi) is 8.03. The highest BCUT2D eigenvalue weighted by atomic mass is 35.5. The summed E-state index contributed by atoms with van der Waals surface area (Å²) in [6, 6.07) is 8.16. The Balaban J connectivity index is 0.00000264. The third-order valence-corrected chi connectivity index (χ3v) is 4.69. The van der Waals surface area contributed by atoms with E-state index < -0.39 is 0 Å². The molecule has 0 bridgehead atoms. The lowest BCUT2D eigenvalue weighted by atomic mass is 9.79. The first kappa shape index (κ1) is 19.9. The molecule has 23 heavy (non-hydrogen) atoms. The van der Waals surface area contributed by atoms with Gasteiger partial charge in [-0.2, -0.15) is 0 Å². The fourth-order valence-corrected chi connectivity index (χ4v) is 3.15. The molecular weight excluding hydrogens is 312 g/mol. The first-order valence-electron chi connectivity index (χ1n) is 8.10. The first-order valence-corrected chi connectivity index (χ1v) is 8.10. The van der Waals surface area contributed by atoms with Crippen LogP contribution in [0.2, 0.25) is 0 Å². The van der Waals surface area contributed by atoms with Crippen LogP contribution in [0.25, 0.3) is 0 Å². The minimum absolute atomic E-state index is 0. The zero-order chi connectivity index (χ0) is 16.0. The highest BCUT2D eigenvalue weighted by molar-refractivity contribution is 5.85. The summed E-state index contributed by atoms with van der Waals surface area (Å²) >= 11 is 0. The molecule has 1 aliphatic rings. The van der Waals surface area contributed by atoms with Crippen molar-refractivity contribution in [2.45, 2.75) is 32.6 Å². The maximum absolute atomic E-state index is 12.5. The number of ether oxygens (including phenoxy) is 1. The summed E-state index contributed by atoms with van der Waals surface area (Å²) in [5, 5.41) is 6.52. The van der Waals surface area contributed by atoms with Gasteiger partial charge in [0.1, 0.15) is 0 Å². The molecule has 1 unspecified atom stereocenters. The number of halogens is 1. The zero-order valence-electron chi connectivity index (χ0n) is 14.4. The van der Waals surface area contributed by atoms with Crippen molar-refractivity contribution in [3.63, 3.8) is 0 Å². The van der Waals surface area contributed by atoms with E-state index in [0.717, 1.165) is 31.5 Å². The number of nitrogens with one attached hydrogen (secondary N) is 2. The van der Waals surface area contributed by atoms with E-state index in [1.165, 1.54) is 5.56 Å². The second-order valence-electron chi connectivity index (χ2n) is 6.54. The molecule has 1 aromatic carbocycles. The lowest BCUT2D eigenvalue weighted by Crippen LogP contribution is -2.47. The fraction of sp³-hybridized carbons (Fsp3) is 0.611. The van der Waals surface area contributed by atoms with Gasteiger partial charge in [0, 0.05) is 19.1 Å². The summed E-state index contributed by atoms with van der Waals surface area (Å²) in [6.45, 7) is 7.40. The monoisotopic (exact) mass is 340 g/mol. The molecule has 0 radical (unpaired) electrons. The molecule has 1 atom stereocenters. The Morgan fingerprint density at radius 2 is 2.09 bits per heavy atom. The van der Waals surface area contributed by atoms with Crippen LogP contribution in [-0.2, 0) is 9.53 Å². The van der Waals surface area contributed by atoms with Crippen molar-refractivity contribution in [1.29, 1.82) is 0 Å². The molecule has 1 saturated heterocycles. The molecule has 0 saturated carbocycles. The van der Waals surface area contributed by atoms with Crippen molar-refractivity contribution in [3.8, 4) is 0 Å². The van der Waals surface area contributed by atoms with E-state index in [2.05, 4.69) is 29.7 Å². The second kappa shape index (κ2) is 9.26. The third-order valence-electron chi connectivity index (χ3n) is 4.69. The molecule has 1 fully saturated rings. The van der Waals surface area contributed by atoms with E-state index in [0.29, 0.717) is 13.2 Å². The van der Waals surface area contributed by atoms with Crippen molar-refractivity contribution in [3.05, 3.63) is 35.4 Å². The Labute approximate surface area is 145 Å². The second-order valence-corrected chi connectivity index (χ2v) is 6.54. The Morgan fingerprint density at radius 3 is 2.70 bits per heavy atom. The lowest BCUT2D eigenvalue weighted by molar-refractivity contribution is -0.123. The van der Waals surface area contributed by atoms with Crippen LogP contribution in [0.3, 0.4) is 0 Å². The molecular formula is C18H29ClN2O2. The number of methoxy groups -OCH3 is 1. The van der Waals surface area contributed by atoms with Crippen LogP contribution in [0.15, 0.2) is 24.3 Å². The number of hydrogen-bond acceptors (Lipinski definition) is 3. The average molecular weight is 341 g/mol. The highest BCUT2D eigenvalue weighted by Crippen LogP contribution is 2.28. The van der Waals surface area contributed by atoms with E-state index in [1.54, 1.807) is 7.11 Å². The third kappa shape index (κ3) is 5.48. The summed E-state index contributed by atoms with van der Waals surface area (Å²) in [7, 11) is 1.74. The predicted molar refractivity (Wildman–Crippen MR) is 96.3 cm³/mol. The number of aryl methyl sites for hydroxylation is 1. The SMILES string of the molecule is COCC1(CNC(=O)C(C)c2cccc(C)c2)CCNCC1.Cl. The van der Waals surface area contributed by atoms with E-state index in [4.69, 9.17) is 4.74 Å². The molecule has 130 valence electrons. The average Bonchev–Trinajstić information content (AvgIpc) is 2.53. The van der Waals surface area contributed by atoms with Crippen molar-refractivity contribution >= 4 is 18.3 Å². The number of hydrogen-bond donors (Lipinski definition) is 2. The van der Waals surface area contributed by atoms with Gasteiger partial charge in [-0.1, -0.05) is 29.8 Å². The number of carbonyl (C=O) groups excluding carboxylic acids is 1. The van der Waals surface area contributed by atoms with Gasteiger partial charge in [0.05, 0.1) is 12.5 Å². The number of carbonyl (C=O) groups is 1. The number of rotatable bonds is 6. The van der Waals surface area contributed by atoms with Crippen LogP contribution in [0.1, 0.15) is 36.8 Å². The Bertz CT molecular complexity index is 496. The van der Waals surface area contributed by atoms with Gasteiger partial charge in [-0.15, -0.1) is 12.4 Å². The smallest absolute Gasteiger partial charge is 0.227 e. The van der Waals surface area contributed by atoms with Gasteiger partial charge in [0.25, 0.3) is 0 Å². The maximum atomic E-state index is 12.5. The van der Waals surface area contributed by atoms with Gasteiger partial charge < -0.3 is 15.4 Å². The van der Waals surface area contributed by atoms with Crippen molar-refractivity contribution in [2.24, 2.45) is 5.41 Å². The molecule has 0 spiro atoms. The van der Waals surface area contributed by atoms with Gasteiger partial charge in [0.15, 0.2) is 0 Å².